The van der Waals surface area contributed by atoms with Crippen LogP contribution in [0.25, 0.3) is 6.08 Å². The van der Waals surface area contributed by atoms with Gasteiger partial charge in [0.25, 0.3) is 5.91 Å². The number of benzene rings is 2. The zero-order chi connectivity index (χ0) is 20.2. The van der Waals surface area contributed by atoms with Crippen LogP contribution < -0.4 is 9.64 Å². The predicted molar refractivity (Wildman–Crippen MR) is 121 cm³/mol. The number of rotatable bonds is 4. The van der Waals surface area contributed by atoms with Gasteiger partial charge in [-0.05, 0) is 60.7 Å². The van der Waals surface area contributed by atoms with Gasteiger partial charge in [0.1, 0.15) is 5.75 Å². The smallest absolute Gasteiger partial charge is 0.286 e. The Balaban J connectivity index is 1.37. The summed E-state index contributed by atoms with van der Waals surface area (Å²) in [6.45, 7) is 5.97. The average molecular weight is 428 g/mol. The van der Waals surface area contributed by atoms with E-state index in [1.54, 1.807) is 0 Å². The molecule has 1 fully saturated rings. The van der Waals surface area contributed by atoms with Gasteiger partial charge < -0.3 is 14.5 Å². The molecule has 0 saturated carbocycles. The summed E-state index contributed by atoms with van der Waals surface area (Å²) in [4.78, 5) is 21.8. The van der Waals surface area contributed by atoms with Crippen LogP contribution >= 0.6 is 23.4 Å². The largest absolute Gasteiger partial charge is 0.494 e. The van der Waals surface area contributed by atoms with E-state index in [4.69, 9.17) is 16.3 Å². The van der Waals surface area contributed by atoms with Gasteiger partial charge in [0.05, 0.1) is 11.5 Å². The number of nitrogens with zero attached hydrogens (tertiary/aromatic N) is 3. The third-order valence-electron chi connectivity index (χ3n) is 4.82. The number of halogens is 1. The highest BCUT2D eigenvalue weighted by Crippen LogP contribution is 2.31. The van der Waals surface area contributed by atoms with E-state index in [-0.39, 0.29) is 5.91 Å². The van der Waals surface area contributed by atoms with Crippen molar-refractivity contribution in [1.29, 1.82) is 0 Å². The van der Waals surface area contributed by atoms with E-state index in [1.807, 2.05) is 55.5 Å². The van der Waals surface area contributed by atoms with Crippen molar-refractivity contribution in [1.82, 2.24) is 4.90 Å². The highest BCUT2D eigenvalue weighted by atomic mass is 35.5. The van der Waals surface area contributed by atoms with E-state index >= 15 is 0 Å². The van der Waals surface area contributed by atoms with Gasteiger partial charge in [-0.2, -0.15) is 4.99 Å². The Morgan fingerprint density at radius 2 is 1.83 bits per heavy atom. The molecule has 0 unspecified atom stereocenters. The highest BCUT2D eigenvalue weighted by Gasteiger charge is 2.28. The lowest BCUT2D eigenvalue weighted by atomic mass is 10.2. The first-order valence-corrected chi connectivity index (χ1v) is 10.8. The summed E-state index contributed by atoms with van der Waals surface area (Å²) in [5.41, 5.74) is 2.09. The lowest BCUT2D eigenvalue weighted by molar-refractivity contribution is -0.113. The van der Waals surface area contributed by atoms with Crippen LogP contribution in [0.5, 0.6) is 5.75 Å². The molecule has 0 N–H and O–H groups in total. The number of thioether (sulfide) groups is 1. The first-order chi connectivity index (χ1) is 14.1. The van der Waals surface area contributed by atoms with Crippen molar-refractivity contribution in [3.63, 3.8) is 0 Å². The topological polar surface area (TPSA) is 45.1 Å². The van der Waals surface area contributed by atoms with Gasteiger partial charge in [-0.15, -0.1) is 0 Å². The molecule has 29 heavy (non-hydrogen) atoms. The number of hydrogen-bond acceptors (Lipinski definition) is 5. The third-order valence-corrected chi connectivity index (χ3v) is 6.10. The lowest BCUT2D eigenvalue weighted by Crippen LogP contribution is -2.47. The third kappa shape index (κ3) is 4.77. The van der Waals surface area contributed by atoms with Gasteiger partial charge in [-0.3, -0.25) is 4.79 Å². The Labute approximate surface area is 180 Å². The summed E-state index contributed by atoms with van der Waals surface area (Å²) < 4.78 is 5.46. The number of carbonyl (C=O) groups excluding carboxylic acids is 1. The molecule has 2 heterocycles. The molecule has 0 aliphatic carbocycles. The minimum Gasteiger partial charge on any atom is -0.494 e. The van der Waals surface area contributed by atoms with E-state index in [2.05, 4.69) is 20.9 Å². The Kier molecular flexibility index (Phi) is 6.11. The molecular formula is C22H22ClN3O2S. The van der Waals surface area contributed by atoms with E-state index in [0.717, 1.165) is 53.4 Å². The average Bonchev–Trinajstić information content (AvgIpc) is 3.10. The SMILES string of the molecule is CCOc1ccc(/C=C2/SC(N3CCN(c4cccc(Cl)c4)CC3)=NC2=O)cc1. The van der Waals surface area contributed by atoms with Crippen molar-refractivity contribution in [3.05, 3.63) is 64.0 Å². The van der Waals surface area contributed by atoms with Gasteiger partial charge in [-0.25, -0.2) is 0 Å². The van der Waals surface area contributed by atoms with Crippen molar-refractivity contribution >= 4 is 46.2 Å². The lowest BCUT2D eigenvalue weighted by Gasteiger charge is -2.36. The fraction of sp³-hybridized carbons (Fsp3) is 0.273. The van der Waals surface area contributed by atoms with Gasteiger partial charge in [0.15, 0.2) is 5.17 Å². The number of aliphatic imine (C=N–C) groups is 1. The summed E-state index contributed by atoms with van der Waals surface area (Å²) in [5, 5.41) is 1.54. The normalized spacial score (nSPS) is 18.3. The number of hydrogen-bond donors (Lipinski definition) is 0. The van der Waals surface area contributed by atoms with E-state index < -0.39 is 0 Å². The zero-order valence-corrected chi connectivity index (χ0v) is 17.7. The Morgan fingerprint density at radius 3 is 2.52 bits per heavy atom. The van der Waals surface area contributed by atoms with Crippen LogP contribution in [0.1, 0.15) is 12.5 Å². The van der Waals surface area contributed by atoms with Crippen molar-refractivity contribution in [2.24, 2.45) is 4.99 Å². The Morgan fingerprint density at radius 1 is 1.10 bits per heavy atom. The maximum Gasteiger partial charge on any atom is 0.286 e. The fourth-order valence-corrected chi connectivity index (χ4v) is 4.49. The molecule has 0 aromatic heterocycles. The molecule has 7 heteroatoms. The van der Waals surface area contributed by atoms with Crippen molar-refractivity contribution in [2.45, 2.75) is 6.92 Å². The summed E-state index contributed by atoms with van der Waals surface area (Å²) in [6, 6.07) is 15.6. The number of anilines is 1. The predicted octanol–water partition coefficient (Wildman–Crippen LogP) is 4.53. The molecular weight excluding hydrogens is 406 g/mol. The van der Waals surface area contributed by atoms with Gasteiger partial charge in [-0.1, -0.05) is 29.8 Å². The summed E-state index contributed by atoms with van der Waals surface area (Å²) >= 11 is 7.56. The molecule has 0 atom stereocenters. The van der Waals surface area contributed by atoms with E-state index in [9.17, 15) is 4.79 Å². The van der Waals surface area contributed by atoms with Crippen LogP contribution in [0.4, 0.5) is 5.69 Å². The van der Waals surface area contributed by atoms with Gasteiger partial charge >= 0.3 is 0 Å². The molecule has 0 radical (unpaired) electrons. The van der Waals surface area contributed by atoms with Crippen molar-refractivity contribution in [2.75, 3.05) is 37.7 Å². The number of carbonyl (C=O) groups is 1. The van der Waals surface area contributed by atoms with Crippen LogP contribution in [0.2, 0.25) is 5.02 Å². The number of amidine groups is 1. The summed E-state index contributed by atoms with van der Waals surface area (Å²) in [6.07, 6.45) is 1.89. The van der Waals surface area contributed by atoms with Crippen LogP contribution in [-0.4, -0.2) is 48.8 Å². The molecule has 2 aliphatic heterocycles. The summed E-state index contributed by atoms with van der Waals surface area (Å²) in [7, 11) is 0. The van der Waals surface area contributed by atoms with Crippen LogP contribution in [0, 0.1) is 0 Å². The molecule has 1 amide bonds. The highest BCUT2D eigenvalue weighted by molar-refractivity contribution is 8.18. The molecule has 4 rings (SSSR count). The molecule has 2 aliphatic rings. The van der Waals surface area contributed by atoms with E-state index in [1.165, 1.54) is 11.8 Å². The van der Waals surface area contributed by atoms with Crippen molar-refractivity contribution in [3.8, 4) is 5.75 Å². The Hall–Kier alpha value is -2.44. The maximum atomic E-state index is 12.4. The molecule has 150 valence electrons. The molecule has 0 bridgehead atoms. The van der Waals surface area contributed by atoms with Gasteiger partial charge in [0, 0.05) is 36.9 Å². The fourth-order valence-electron chi connectivity index (χ4n) is 3.34. The molecule has 1 saturated heterocycles. The maximum absolute atomic E-state index is 12.4. The van der Waals surface area contributed by atoms with Gasteiger partial charge in [0.2, 0.25) is 0 Å². The monoisotopic (exact) mass is 427 g/mol. The second-order valence-corrected chi connectivity index (χ2v) is 8.21. The van der Waals surface area contributed by atoms with Crippen LogP contribution in [0.3, 0.4) is 0 Å². The molecule has 2 aromatic carbocycles. The van der Waals surface area contributed by atoms with Crippen LogP contribution in [0.15, 0.2) is 58.4 Å². The quantitative estimate of drug-likeness (QED) is 0.671. The second kappa shape index (κ2) is 8.93. The minimum absolute atomic E-state index is 0.170. The van der Waals surface area contributed by atoms with E-state index in [0.29, 0.717) is 11.5 Å². The molecule has 0 spiro atoms. The number of amides is 1. The number of piperazine rings is 1. The number of ether oxygens (including phenoxy) is 1. The molecule has 5 nitrogen and oxygen atoms in total. The summed E-state index contributed by atoms with van der Waals surface area (Å²) in [5.74, 6) is 0.658. The zero-order valence-electron chi connectivity index (χ0n) is 16.2. The first-order valence-electron chi connectivity index (χ1n) is 9.63. The standard InChI is InChI=1S/C22H22ClN3O2S/c1-2-28-19-8-6-16(7-9-19)14-20-21(27)24-22(29-20)26-12-10-25(11-13-26)18-5-3-4-17(23)15-18/h3-9,14-15H,2,10-13H2,1H3/b20-14+. The van der Waals surface area contributed by atoms with Crippen molar-refractivity contribution < 1.29 is 9.53 Å². The Bertz CT molecular complexity index is 951. The molecule has 2 aromatic rings. The first kappa shape index (κ1) is 19.9. The second-order valence-electron chi connectivity index (χ2n) is 6.77. The minimum atomic E-state index is -0.170. The van der Waals surface area contributed by atoms with Crippen LogP contribution in [-0.2, 0) is 4.79 Å².